The summed E-state index contributed by atoms with van der Waals surface area (Å²) in [5, 5.41) is 0. The van der Waals surface area contributed by atoms with Gasteiger partial charge in [0.05, 0.1) is 11.1 Å². The summed E-state index contributed by atoms with van der Waals surface area (Å²) < 4.78 is 0. The number of rotatable bonds is 12. The molecule has 0 aliphatic heterocycles. The van der Waals surface area contributed by atoms with Crippen LogP contribution in [0.2, 0.25) is 0 Å². The number of hydrogen-bond acceptors (Lipinski definition) is 2. The van der Waals surface area contributed by atoms with Crippen molar-refractivity contribution >= 4 is 22.7 Å². The minimum absolute atomic E-state index is 0.172. The Kier molecular flexibility index (Phi) is 10.5. The van der Waals surface area contributed by atoms with E-state index < -0.39 is 0 Å². The highest BCUT2D eigenvalue weighted by Crippen LogP contribution is 2.58. The molecule has 0 amide bonds. The van der Waals surface area contributed by atoms with Crippen LogP contribution in [0.4, 0.5) is 22.7 Å². The van der Waals surface area contributed by atoms with Gasteiger partial charge < -0.3 is 9.80 Å². The molecule has 2 aliphatic carbocycles. The molecule has 318 valence electrons. The van der Waals surface area contributed by atoms with Gasteiger partial charge in [-0.3, -0.25) is 0 Å². The van der Waals surface area contributed by atoms with Crippen LogP contribution in [0, 0.1) is 13.8 Å². The van der Waals surface area contributed by atoms with Gasteiger partial charge in [0.1, 0.15) is 0 Å². The average molecular weight is 833 g/mol. The third-order valence-electron chi connectivity index (χ3n) is 14.8. The van der Waals surface area contributed by atoms with Crippen LogP contribution < -0.4 is 9.80 Å². The second-order valence-electron chi connectivity index (χ2n) is 19.2. The Morgan fingerprint density at radius 2 is 0.953 bits per heavy atom. The van der Waals surface area contributed by atoms with Crippen molar-refractivity contribution in [1.82, 2.24) is 0 Å². The van der Waals surface area contributed by atoms with Crippen molar-refractivity contribution in [3.8, 4) is 33.4 Å². The third-order valence-corrected chi connectivity index (χ3v) is 14.8. The van der Waals surface area contributed by atoms with Gasteiger partial charge in [-0.05, 0) is 143 Å². The summed E-state index contributed by atoms with van der Waals surface area (Å²) in [5.74, 6) is 0. The van der Waals surface area contributed by atoms with Crippen LogP contribution in [-0.4, -0.2) is 0 Å². The van der Waals surface area contributed by atoms with Crippen molar-refractivity contribution in [3.05, 3.63) is 227 Å². The number of aryl methyl sites for hydroxylation is 2. The molecular weight excluding hydrogens is 773 g/mol. The van der Waals surface area contributed by atoms with Crippen molar-refractivity contribution in [1.29, 1.82) is 0 Å². The Labute approximate surface area is 381 Å². The maximum atomic E-state index is 2.64. The molecule has 0 spiro atoms. The van der Waals surface area contributed by atoms with Gasteiger partial charge in [0.25, 0.3) is 0 Å². The smallest absolute Gasteiger partial charge is 0.0743 e. The average Bonchev–Trinajstić information content (AvgIpc) is 3.54. The van der Waals surface area contributed by atoms with Crippen LogP contribution in [0.5, 0.6) is 0 Å². The Morgan fingerprint density at radius 1 is 0.484 bits per heavy atom. The molecule has 8 aromatic rings. The zero-order chi connectivity index (χ0) is 44.2. The molecule has 2 aliphatic rings. The highest BCUT2D eigenvalue weighted by Gasteiger charge is 2.50. The molecule has 0 radical (unpaired) electrons. The van der Waals surface area contributed by atoms with Gasteiger partial charge in [-0.1, -0.05) is 185 Å². The maximum Gasteiger partial charge on any atom is 0.0743 e. The van der Waals surface area contributed by atoms with Crippen molar-refractivity contribution in [3.63, 3.8) is 0 Å². The first-order chi connectivity index (χ1) is 31.0. The molecule has 0 fully saturated rings. The molecular formula is C62H60N2. The quantitative estimate of drug-likeness (QED) is 0.121. The van der Waals surface area contributed by atoms with E-state index in [1.807, 2.05) is 0 Å². The van der Waals surface area contributed by atoms with Crippen molar-refractivity contribution in [2.45, 2.75) is 90.6 Å². The normalized spacial score (nSPS) is 16.5. The lowest BCUT2D eigenvalue weighted by atomic mass is 9.65. The topological polar surface area (TPSA) is 6.48 Å². The van der Waals surface area contributed by atoms with E-state index in [4.69, 9.17) is 0 Å². The van der Waals surface area contributed by atoms with Gasteiger partial charge in [-0.15, -0.1) is 0 Å². The third kappa shape index (κ3) is 6.87. The fourth-order valence-electron chi connectivity index (χ4n) is 11.2. The predicted octanol–water partition coefficient (Wildman–Crippen LogP) is 16.8. The first-order valence-corrected chi connectivity index (χ1v) is 23.4. The monoisotopic (exact) mass is 832 g/mol. The van der Waals surface area contributed by atoms with Crippen LogP contribution >= 0.6 is 0 Å². The van der Waals surface area contributed by atoms with Gasteiger partial charge in [0.2, 0.25) is 0 Å². The van der Waals surface area contributed by atoms with Crippen molar-refractivity contribution < 1.29 is 0 Å². The first-order valence-electron chi connectivity index (χ1n) is 23.4. The van der Waals surface area contributed by atoms with E-state index in [-0.39, 0.29) is 16.5 Å². The standard InChI is InChI=1S/C62H60N2/c1-8-38-61(7,63(51-29-20-43(3)21-30-51)52-33-24-47(25-34-52)45-16-12-10-13-17-45)50-28-37-55-56-39-49-42-62(9-2,57(49)41-59(56)60(5,6)58(55)40-50)64(53-31-22-44(4)23-32-53)54-35-26-48(27-36-54)46-18-14-11-15-19-46/h10-37,39-41H,8-9,38,42H2,1-7H3. The van der Waals surface area contributed by atoms with Gasteiger partial charge in [0, 0.05) is 34.6 Å². The number of hydrogen-bond donors (Lipinski definition) is 0. The van der Waals surface area contributed by atoms with Gasteiger partial charge >= 0.3 is 0 Å². The van der Waals surface area contributed by atoms with Crippen LogP contribution in [-0.2, 0) is 22.9 Å². The van der Waals surface area contributed by atoms with Gasteiger partial charge in [-0.2, -0.15) is 0 Å². The summed E-state index contributed by atoms with van der Waals surface area (Å²) in [6.45, 7) is 16.4. The lowest BCUT2D eigenvalue weighted by molar-refractivity contribution is 0.362. The number of fused-ring (bicyclic) bond motifs is 4. The van der Waals surface area contributed by atoms with Crippen LogP contribution in [0.3, 0.4) is 0 Å². The molecule has 0 N–H and O–H groups in total. The molecule has 0 aromatic heterocycles. The van der Waals surface area contributed by atoms with E-state index in [1.54, 1.807) is 0 Å². The Bertz CT molecular complexity index is 2930. The second kappa shape index (κ2) is 16.2. The molecule has 0 bridgehead atoms. The summed E-state index contributed by atoms with van der Waals surface area (Å²) in [6.07, 6.45) is 4.06. The van der Waals surface area contributed by atoms with Gasteiger partial charge in [0.15, 0.2) is 0 Å². The van der Waals surface area contributed by atoms with Crippen LogP contribution in [0.15, 0.2) is 188 Å². The fraction of sp³-hybridized carbons (Fsp3) is 0.226. The molecule has 2 unspecified atom stereocenters. The van der Waals surface area contributed by atoms with Crippen molar-refractivity contribution in [2.75, 3.05) is 9.80 Å². The van der Waals surface area contributed by atoms with E-state index in [1.165, 1.54) is 95.1 Å². The molecule has 2 atom stereocenters. The van der Waals surface area contributed by atoms with E-state index in [2.05, 4.69) is 246 Å². The highest BCUT2D eigenvalue weighted by molar-refractivity contribution is 5.85. The lowest BCUT2D eigenvalue weighted by Gasteiger charge is -2.53. The number of benzene rings is 8. The van der Waals surface area contributed by atoms with Crippen LogP contribution in [0.25, 0.3) is 33.4 Å². The minimum atomic E-state index is -0.315. The molecule has 0 saturated carbocycles. The summed E-state index contributed by atoms with van der Waals surface area (Å²) in [4.78, 5) is 5.25. The largest absolute Gasteiger partial charge is 0.331 e. The molecule has 64 heavy (non-hydrogen) atoms. The predicted molar refractivity (Wildman–Crippen MR) is 272 cm³/mol. The van der Waals surface area contributed by atoms with E-state index in [0.29, 0.717) is 0 Å². The van der Waals surface area contributed by atoms with Crippen LogP contribution in [0.1, 0.15) is 92.8 Å². The second-order valence-corrected chi connectivity index (χ2v) is 19.2. The summed E-state index contributed by atoms with van der Waals surface area (Å²) >= 11 is 0. The highest BCUT2D eigenvalue weighted by atomic mass is 15.2. The SMILES string of the molecule is CCCC(C)(c1ccc2c(c1)C(C)(C)c1cc3c(cc1-2)CC3(CC)N(c1ccc(C)cc1)c1ccc(-c2ccccc2)cc1)N(c1ccc(C)cc1)c1ccc(-c2ccccc2)cc1. The Hall–Kier alpha value is -6.64. The molecule has 0 saturated heterocycles. The van der Waals surface area contributed by atoms with Gasteiger partial charge in [-0.25, -0.2) is 0 Å². The molecule has 2 nitrogen and oxygen atoms in total. The summed E-state index contributed by atoms with van der Waals surface area (Å²) in [6, 6.07) is 70.7. The number of nitrogens with zero attached hydrogens (tertiary/aromatic N) is 2. The molecule has 10 rings (SSSR count). The van der Waals surface area contributed by atoms with E-state index in [0.717, 1.165) is 25.7 Å². The Morgan fingerprint density at radius 3 is 1.47 bits per heavy atom. The number of anilines is 4. The molecule has 2 heteroatoms. The molecule has 0 heterocycles. The molecule has 8 aromatic carbocycles. The zero-order valence-electron chi connectivity index (χ0n) is 38.6. The lowest BCUT2D eigenvalue weighted by Crippen LogP contribution is -2.51. The Balaban J connectivity index is 1.05. The van der Waals surface area contributed by atoms with E-state index >= 15 is 0 Å². The fourth-order valence-corrected chi connectivity index (χ4v) is 11.2. The summed E-state index contributed by atoms with van der Waals surface area (Å²) in [7, 11) is 0. The maximum absolute atomic E-state index is 2.64. The zero-order valence-corrected chi connectivity index (χ0v) is 38.6. The van der Waals surface area contributed by atoms with Crippen molar-refractivity contribution in [2.24, 2.45) is 0 Å². The van der Waals surface area contributed by atoms with E-state index in [9.17, 15) is 0 Å². The summed E-state index contributed by atoms with van der Waals surface area (Å²) in [5.41, 5.74) is 21.6. The minimum Gasteiger partial charge on any atom is -0.331 e. The first kappa shape index (κ1) is 41.4.